The molecule has 9 aromatic rings. The van der Waals surface area contributed by atoms with Gasteiger partial charge in [-0.05, 0) is 140 Å². The zero-order valence-electron chi connectivity index (χ0n) is 60.0. The van der Waals surface area contributed by atoms with Gasteiger partial charge in [0.25, 0.3) is 0 Å². The van der Waals surface area contributed by atoms with E-state index in [0.29, 0.717) is 34.6 Å². The number of tetrazole rings is 3. The minimum absolute atomic E-state index is 0.00233. The molecule has 5 aromatic carbocycles. The lowest BCUT2D eigenvalue weighted by Crippen LogP contribution is -2.50. The Morgan fingerprint density at radius 1 is 0.477 bits per heavy atom. The van der Waals surface area contributed by atoms with Crippen molar-refractivity contribution in [3.8, 4) is 64.3 Å². The highest BCUT2D eigenvalue weighted by Gasteiger charge is 2.34. The number of phenolic OH excluding ortho intramolecular Hbond substituents is 2. The summed E-state index contributed by atoms with van der Waals surface area (Å²) in [5.74, 6) is -2.99. The van der Waals surface area contributed by atoms with E-state index in [-0.39, 0.29) is 124 Å². The lowest BCUT2D eigenvalue weighted by Gasteiger charge is -2.25. The molecule has 0 radical (unpaired) electrons. The van der Waals surface area contributed by atoms with Gasteiger partial charge in [0.05, 0.1) is 97.1 Å². The third kappa shape index (κ3) is 25.7. The lowest BCUT2D eigenvalue weighted by molar-refractivity contribution is -0.126. The number of pyridine rings is 1. The second kappa shape index (κ2) is 40.4. The summed E-state index contributed by atoms with van der Waals surface area (Å²) in [6, 6.07) is 32.9. The Labute approximate surface area is 628 Å². The number of rotatable bonds is 36. The van der Waals surface area contributed by atoms with Crippen molar-refractivity contribution in [1.29, 1.82) is 15.8 Å². The summed E-state index contributed by atoms with van der Waals surface area (Å²) in [4.78, 5) is 42.2. The fourth-order valence-electron chi connectivity index (χ4n) is 9.62. The molecule has 0 aliphatic carbocycles. The first-order valence-corrected chi connectivity index (χ1v) is 34.0. The predicted octanol–water partition coefficient (Wildman–Crippen LogP) is 7.73. The summed E-state index contributed by atoms with van der Waals surface area (Å²) in [6.07, 6.45) is 2.02. The lowest BCUT2D eigenvalue weighted by atomic mass is 10.0. The summed E-state index contributed by atoms with van der Waals surface area (Å²) in [7, 11) is 0. The topological polar surface area (TPSA) is 476 Å². The molecule has 9 rings (SSSR count). The van der Waals surface area contributed by atoms with E-state index in [1.165, 1.54) is 59.9 Å². The van der Waals surface area contributed by atoms with Crippen LogP contribution < -0.4 is 61.6 Å². The number of aromatic nitrogens is 13. The molecule has 4 aromatic heterocycles. The predicted molar refractivity (Wildman–Crippen MR) is 380 cm³/mol. The van der Waals surface area contributed by atoms with Crippen LogP contribution in [-0.2, 0) is 14.4 Å². The largest absolute Gasteiger partial charge is 0.504 e. The molecule has 0 saturated carbocycles. The Balaban J connectivity index is 0.000000228. The summed E-state index contributed by atoms with van der Waals surface area (Å²) >= 11 is 6.17. The molecule has 0 aliphatic heterocycles. The Bertz CT molecular complexity index is 4560. The molecule has 38 heteroatoms. The molecule has 11 N–H and O–H groups in total. The van der Waals surface area contributed by atoms with Crippen LogP contribution in [-0.4, -0.2) is 150 Å². The number of carbonyl (C=O) groups excluding carboxylic acids is 3. The molecular weight excluding hydrogens is 1450 g/mol. The van der Waals surface area contributed by atoms with E-state index in [1.807, 2.05) is 0 Å². The third-order valence-corrected chi connectivity index (χ3v) is 15.8. The quantitative estimate of drug-likeness (QED) is 0.0174. The molecule has 0 spiro atoms. The summed E-state index contributed by atoms with van der Waals surface area (Å²) in [5.41, 5.74) is 14.3. The van der Waals surface area contributed by atoms with Crippen molar-refractivity contribution in [1.82, 2.24) is 81.6 Å². The normalized spacial score (nSPS) is 12.9. The van der Waals surface area contributed by atoms with Gasteiger partial charge in [0.2, 0.25) is 23.6 Å². The van der Waals surface area contributed by atoms with Crippen molar-refractivity contribution in [2.45, 2.75) is 133 Å². The van der Waals surface area contributed by atoms with Gasteiger partial charge >= 0.3 is 0 Å². The van der Waals surface area contributed by atoms with Gasteiger partial charge < -0.3 is 71.8 Å². The van der Waals surface area contributed by atoms with Crippen LogP contribution in [0, 0.1) is 57.3 Å². The maximum atomic E-state index is 14.0. The first kappa shape index (κ1) is 83.9. The molecule has 3 amide bonds. The molecule has 0 aliphatic rings. The minimum Gasteiger partial charge on any atom is -0.504 e. The fourth-order valence-corrected chi connectivity index (χ4v) is 9.81. The molecule has 6 atom stereocenters. The Morgan fingerprint density at radius 3 is 1.15 bits per heavy atom. The van der Waals surface area contributed by atoms with Gasteiger partial charge in [-0.1, -0.05) is 54.1 Å². The summed E-state index contributed by atoms with van der Waals surface area (Å²) in [5, 5.41) is 92.4. The molecule has 0 unspecified atom stereocenters. The second-order valence-electron chi connectivity index (χ2n) is 25.8. The van der Waals surface area contributed by atoms with Crippen LogP contribution in [0.15, 0.2) is 134 Å². The van der Waals surface area contributed by atoms with Crippen LogP contribution >= 0.6 is 11.6 Å². The molecule has 576 valence electrons. The Morgan fingerprint density at radius 2 is 0.817 bits per heavy atom. The first-order valence-electron chi connectivity index (χ1n) is 33.6. The van der Waals surface area contributed by atoms with Crippen LogP contribution in [0.2, 0.25) is 5.02 Å². The molecule has 4 heterocycles. The minimum atomic E-state index is -1.24. The molecule has 0 bridgehead atoms. The average Bonchev–Trinajstić information content (AvgIpc) is 1.72. The first-order chi connectivity index (χ1) is 52.0. The number of hydrogen-bond donors (Lipinski definition) is 8. The number of para-hydroxylation sites is 5. The van der Waals surface area contributed by atoms with Crippen molar-refractivity contribution >= 4 is 29.3 Å². The summed E-state index contributed by atoms with van der Waals surface area (Å²) in [6.45, 7) is 9.26. The number of benzene rings is 5. The highest BCUT2D eigenvalue weighted by molar-refractivity contribution is 6.32. The number of hydrogen-bond acceptors (Lipinski definition) is 27. The van der Waals surface area contributed by atoms with Crippen molar-refractivity contribution in [2.24, 2.45) is 17.2 Å². The van der Waals surface area contributed by atoms with Crippen LogP contribution in [0.3, 0.4) is 0 Å². The second-order valence-corrected chi connectivity index (χ2v) is 26.2. The zero-order chi connectivity index (χ0) is 79.3. The van der Waals surface area contributed by atoms with E-state index in [1.54, 1.807) is 98.9 Å². The fraction of sp³-hybridized carbons (Fsp3) is 0.380. The van der Waals surface area contributed by atoms with E-state index < -0.39 is 93.9 Å². The maximum absolute atomic E-state index is 14.0. The number of ether oxygens (including phenoxy) is 6. The smallest absolute Gasteiger partial charge is 0.240 e. The molecule has 0 saturated heterocycles. The van der Waals surface area contributed by atoms with Gasteiger partial charge in [-0.2, -0.15) is 15.8 Å². The van der Waals surface area contributed by atoms with E-state index >= 15 is 0 Å². The number of phenols is 2. The number of halogens is 5. The monoisotopic (exact) mass is 1530 g/mol. The zero-order valence-corrected chi connectivity index (χ0v) is 60.8. The van der Waals surface area contributed by atoms with E-state index in [4.69, 9.17) is 57.2 Å². The van der Waals surface area contributed by atoms with Gasteiger partial charge in [-0.25, -0.2) is 36.6 Å². The number of nitrogens with zero attached hydrogens (tertiary/aromatic N) is 16. The average molecular weight is 1530 g/mol. The van der Waals surface area contributed by atoms with Gasteiger partial charge in [0.1, 0.15) is 55.3 Å². The number of amides is 3. The number of nitriles is 3. The van der Waals surface area contributed by atoms with Gasteiger partial charge in [-0.15, -0.1) is 15.3 Å². The van der Waals surface area contributed by atoms with Gasteiger partial charge in [0, 0.05) is 43.7 Å². The van der Waals surface area contributed by atoms with Crippen molar-refractivity contribution in [3.63, 3.8) is 0 Å². The molecular formula is C71H81ClF4N22O11. The summed E-state index contributed by atoms with van der Waals surface area (Å²) < 4.78 is 92.3. The molecule has 33 nitrogen and oxygen atoms in total. The maximum Gasteiger partial charge on any atom is 0.240 e. The Kier molecular flexibility index (Phi) is 31.1. The van der Waals surface area contributed by atoms with E-state index in [9.17, 15) is 57.9 Å². The number of carbonyl (C=O) groups is 3. The number of nitrogens with one attached hydrogen (secondary N) is 3. The van der Waals surface area contributed by atoms with Crippen molar-refractivity contribution < 1.29 is 70.6 Å². The van der Waals surface area contributed by atoms with Crippen LogP contribution in [0.25, 0.3) is 0 Å². The van der Waals surface area contributed by atoms with Crippen LogP contribution in [0.5, 0.6) is 46.1 Å². The standard InChI is InChI=1S/C24H28ClN7O4.C24H27F2N7O4.C23H26F2N8O3/c1-24(2,27)23(34)28-18(12-14-35-20-9-5-3-7-17(20)25)22-29-30-31-32(22)16(11-13-26)15-36-21-10-6-4-8-19(21)33;1-24(2,28)23(35)29-18(10-12-36-20-8-7-15(25)13-17(20)26)22-30-31-32-33(22)16(9-11-27)14-37-21-6-4-3-5-19(21)34;1-23(2,27)22(34)29-18(9-12-35-19-7-6-15(24)13-17(19)25)21-30-31-32-33(21)16(8-10-26)14-36-20-5-3-4-11-28-20/h3-10,16,18,33H,11-12,14-15,27H2,1-2H3,(H,28,34);3-8,13,16,18,34H,9-10,12,14,28H2,1-2H3,(H,29,35);3-7,11,13,16,18H,8-9,12,14,27H2,1-2H3,(H,29,34)/t3*16-,18-/m111/s1. The van der Waals surface area contributed by atoms with Gasteiger partial charge in [0.15, 0.2) is 63.6 Å². The SMILES string of the molecule is CC(C)(N)C(=O)N[C@H](CCOc1ccc(F)cc1F)c1nnnn1[C@H](CC#N)COc1ccccc1O.CC(C)(N)C(=O)N[C@H](CCOc1ccc(F)cc1F)c1nnnn1[C@H](CC#N)COc1ccccn1.CC(C)(N)C(=O)N[C@H](CCOc1ccccc1Cl)c1nnnn1[C@H](CC#N)COc1ccccc1O. The number of nitrogens with two attached hydrogens (primary N) is 3. The molecule has 109 heavy (non-hydrogen) atoms. The van der Waals surface area contributed by atoms with Crippen LogP contribution in [0.1, 0.15) is 134 Å². The Hall–Kier alpha value is -12.4. The van der Waals surface area contributed by atoms with Crippen LogP contribution in [0.4, 0.5) is 17.6 Å². The number of aromatic hydroxyl groups is 2. The van der Waals surface area contributed by atoms with E-state index in [0.717, 1.165) is 18.2 Å². The van der Waals surface area contributed by atoms with Crippen molar-refractivity contribution in [2.75, 3.05) is 39.6 Å². The highest BCUT2D eigenvalue weighted by atomic mass is 35.5. The van der Waals surface area contributed by atoms with Gasteiger partial charge in [-0.3, -0.25) is 14.4 Å². The highest BCUT2D eigenvalue weighted by Crippen LogP contribution is 2.32. The van der Waals surface area contributed by atoms with Crippen molar-refractivity contribution in [3.05, 3.63) is 179 Å². The molecule has 0 fully saturated rings. The third-order valence-electron chi connectivity index (χ3n) is 15.5. The van der Waals surface area contributed by atoms with E-state index in [2.05, 4.69) is 85.7 Å².